The van der Waals surface area contributed by atoms with E-state index in [4.69, 9.17) is 0 Å². The van der Waals surface area contributed by atoms with Gasteiger partial charge in [0.05, 0.1) is 17.1 Å². The average molecular weight is 557 g/mol. The number of nitrogens with one attached hydrogen (secondary N) is 3. The van der Waals surface area contributed by atoms with Gasteiger partial charge in [-0.2, -0.15) is 31.5 Å². The minimum atomic E-state index is 0. The van der Waals surface area contributed by atoms with E-state index in [9.17, 15) is 0 Å². The summed E-state index contributed by atoms with van der Waals surface area (Å²) in [6.07, 6.45) is 0. The predicted octanol–water partition coefficient (Wildman–Crippen LogP) is 5.82. The summed E-state index contributed by atoms with van der Waals surface area (Å²) in [6, 6.07) is 0. The van der Waals surface area contributed by atoms with E-state index in [0.29, 0.717) is 0 Å². The smallest absolute Gasteiger partial charge is 0.338 e. The van der Waals surface area contributed by atoms with Gasteiger partial charge in [-0.3, -0.25) is 15.3 Å². The number of nitrogens with zero attached hydrogens (tertiary/aromatic N) is 3. The zero-order valence-electron chi connectivity index (χ0n) is 27.0. The van der Waals surface area contributed by atoms with E-state index in [1.54, 1.807) is 0 Å². The Morgan fingerprint density at radius 3 is 0.737 bits per heavy atom. The summed E-state index contributed by atoms with van der Waals surface area (Å²) in [5, 5.41) is 22.5. The molecule has 0 amide bonds. The quantitative estimate of drug-likeness (QED) is 0.280. The molecular formula is C30H54BN6Ti. The van der Waals surface area contributed by atoms with Gasteiger partial charge >= 0.3 is 21.7 Å². The van der Waals surface area contributed by atoms with Crippen molar-refractivity contribution in [2.45, 2.75) is 104 Å². The van der Waals surface area contributed by atoms with Gasteiger partial charge in [0, 0.05) is 17.1 Å². The van der Waals surface area contributed by atoms with Crippen molar-refractivity contribution in [3.8, 4) is 0 Å². The van der Waals surface area contributed by atoms with Crippen LogP contribution in [-0.4, -0.2) is 37.3 Å². The maximum Gasteiger partial charge on any atom is 3.00 e. The van der Waals surface area contributed by atoms with E-state index in [1.165, 1.54) is 16.4 Å². The van der Waals surface area contributed by atoms with Crippen molar-refractivity contribution in [3.63, 3.8) is 0 Å². The van der Waals surface area contributed by atoms with Gasteiger partial charge in [0.2, 0.25) is 0 Å². The Balaban J connectivity index is 0. The molecule has 6 nitrogen and oxygen atoms in total. The molecule has 0 bridgehead atoms. The van der Waals surface area contributed by atoms with E-state index in [1.807, 2.05) is 20.8 Å². The molecule has 3 N–H and O–H groups in total. The predicted molar refractivity (Wildman–Crippen MR) is 163 cm³/mol. The molecule has 0 saturated heterocycles. The Labute approximate surface area is 249 Å². The van der Waals surface area contributed by atoms with Crippen LogP contribution in [0.3, 0.4) is 0 Å². The van der Waals surface area contributed by atoms with Crippen LogP contribution in [0.1, 0.15) is 96.5 Å². The Hall–Kier alpha value is -1.59. The first-order chi connectivity index (χ1) is 16.4. The van der Waals surface area contributed by atoms with Crippen molar-refractivity contribution in [3.05, 3.63) is 54.9 Å². The molecule has 0 aliphatic rings. The van der Waals surface area contributed by atoms with Crippen LogP contribution >= 0.6 is 0 Å². The molecule has 0 fully saturated rings. The molecule has 38 heavy (non-hydrogen) atoms. The number of aromatic amines is 3. The number of H-pyrrole nitrogens is 3. The molecule has 0 saturated carbocycles. The molecule has 0 aliphatic carbocycles. The van der Waals surface area contributed by atoms with Crippen LogP contribution < -0.4 is 16.4 Å². The molecule has 8 heteroatoms. The van der Waals surface area contributed by atoms with Crippen molar-refractivity contribution < 1.29 is 21.7 Å². The molecule has 3 heterocycles. The van der Waals surface area contributed by atoms with E-state index < -0.39 is 0 Å². The molecule has 3 aromatic heterocycles. The van der Waals surface area contributed by atoms with Crippen LogP contribution in [0, 0.1) is 78.6 Å². The largest absolute Gasteiger partial charge is 3.00 e. The summed E-state index contributed by atoms with van der Waals surface area (Å²) in [6.45, 7) is 42.4. The Morgan fingerprint density at radius 2 is 0.632 bits per heavy atom. The second kappa shape index (κ2) is 15.3. The first-order valence-electron chi connectivity index (χ1n) is 13.0. The van der Waals surface area contributed by atoms with Gasteiger partial charge in [0.1, 0.15) is 0 Å². The van der Waals surface area contributed by atoms with Crippen molar-refractivity contribution >= 4 is 23.1 Å². The standard InChI is InChI=1S/C15H21BN6.3C5H11.Ti/c1-7-13(8(2)18-17-7)16(14-9(3)19-20-10(14)4)15-11(5)21-22-12(15)6;3*1-5(2,3)4;/h1-6H3,(H,17,18)(H,19,20)(H,21,22);3*1H2,2-4H3;/q;3*-1;+3. The summed E-state index contributed by atoms with van der Waals surface area (Å²) in [4.78, 5) is 0. The van der Waals surface area contributed by atoms with Gasteiger partial charge in [0.25, 0.3) is 6.71 Å². The summed E-state index contributed by atoms with van der Waals surface area (Å²) >= 11 is 0. The maximum atomic E-state index is 4.39. The van der Waals surface area contributed by atoms with E-state index >= 15 is 0 Å². The van der Waals surface area contributed by atoms with Crippen LogP contribution in [0.4, 0.5) is 0 Å². The fraction of sp³-hybridized carbons (Fsp3) is 0.600. The molecule has 3 rings (SSSR count). The first kappa shape index (κ1) is 38.6. The topological polar surface area (TPSA) is 86.0 Å². The van der Waals surface area contributed by atoms with Crippen LogP contribution in [0.2, 0.25) is 0 Å². The van der Waals surface area contributed by atoms with Gasteiger partial charge < -0.3 is 20.8 Å². The Morgan fingerprint density at radius 1 is 0.474 bits per heavy atom. The summed E-state index contributed by atoms with van der Waals surface area (Å²) in [5.74, 6) is 0. The molecule has 1 radical (unpaired) electrons. The second-order valence-electron chi connectivity index (χ2n) is 13.7. The number of hydrogen-bond acceptors (Lipinski definition) is 3. The molecule has 3 aromatic rings. The minimum absolute atomic E-state index is 0. The van der Waals surface area contributed by atoms with Crippen molar-refractivity contribution in [1.29, 1.82) is 0 Å². The van der Waals surface area contributed by atoms with E-state index in [0.717, 1.165) is 34.2 Å². The van der Waals surface area contributed by atoms with E-state index in [2.05, 4.69) is 134 Å². The number of hydrogen-bond donors (Lipinski definition) is 3. The maximum absolute atomic E-state index is 4.39. The Bertz CT molecular complexity index is 873. The molecule has 0 atom stereocenters. The molecular weight excluding hydrogens is 503 g/mol. The fourth-order valence-electron chi connectivity index (χ4n) is 3.39. The third-order valence-electron chi connectivity index (χ3n) is 4.42. The molecule has 211 valence electrons. The third-order valence-corrected chi connectivity index (χ3v) is 4.42. The van der Waals surface area contributed by atoms with Crippen molar-refractivity contribution in [1.82, 2.24) is 30.6 Å². The van der Waals surface area contributed by atoms with Crippen LogP contribution in [-0.2, 0) is 21.7 Å². The molecule has 0 unspecified atom stereocenters. The first-order valence-corrected chi connectivity index (χ1v) is 13.0. The average Bonchev–Trinajstić information content (AvgIpc) is 3.26. The number of rotatable bonds is 3. The van der Waals surface area contributed by atoms with Crippen LogP contribution in [0.15, 0.2) is 0 Å². The summed E-state index contributed by atoms with van der Waals surface area (Å²) in [7, 11) is 0. The fourth-order valence-corrected chi connectivity index (χ4v) is 3.39. The number of aromatic nitrogens is 6. The summed E-state index contributed by atoms with van der Waals surface area (Å²) in [5.41, 5.74) is 10.7. The summed E-state index contributed by atoms with van der Waals surface area (Å²) < 4.78 is 0. The van der Waals surface area contributed by atoms with Gasteiger partial charge in [0.15, 0.2) is 0 Å². The SMILES string of the molecule is Cc1n[nH]c(C)c1B(c1c(C)n[nH]c1C)c1c(C)n[nH]c1C.[CH2-]C(C)(C)C.[CH2-]C(C)(C)C.[CH2-]C(C)(C)C.[Ti+3]. The third kappa shape index (κ3) is 15.7. The molecule has 0 aromatic carbocycles. The van der Waals surface area contributed by atoms with Gasteiger partial charge in [-0.05, 0) is 57.9 Å². The zero-order valence-corrected chi connectivity index (χ0v) is 28.6. The van der Waals surface area contributed by atoms with Crippen molar-refractivity contribution in [2.24, 2.45) is 16.2 Å². The van der Waals surface area contributed by atoms with Crippen LogP contribution in [0.5, 0.6) is 0 Å². The molecule has 0 spiro atoms. The van der Waals surface area contributed by atoms with E-state index in [-0.39, 0.29) is 44.7 Å². The van der Waals surface area contributed by atoms with Crippen molar-refractivity contribution in [2.75, 3.05) is 0 Å². The normalized spacial score (nSPS) is 11.2. The second-order valence-corrected chi connectivity index (χ2v) is 13.7. The van der Waals surface area contributed by atoms with Gasteiger partial charge in [-0.1, -0.05) is 62.3 Å². The monoisotopic (exact) mass is 557 g/mol. The van der Waals surface area contributed by atoms with Gasteiger partial charge in [-0.15, -0.1) is 0 Å². The molecule has 0 aliphatic heterocycles. The number of aryl methyl sites for hydroxylation is 6. The van der Waals surface area contributed by atoms with Crippen LogP contribution in [0.25, 0.3) is 0 Å². The van der Waals surface area contributed by atoms with Gasteiger partial charge in [-0.25, -0.2) is 0 Å². The minimum Gasteiger partial charge on any atom is -0.338 e. The Kier molecular flexibility index (Phi) is 15.5. The zero-order chi connectivity index (χ0) is 29.5.